The zero-order valence-electron chi connectivity index (χ0n) is 20.5. The molecule has 2 aliphatic heterocycles. The normalized spacial score (nSPS) is 17.9. The summed E-state index contributed by atoms with van der Waals surface area (Å²) in [4.78, 5) is 25.4. The Balaban J connectivity index is 1.98. The van der Waals surface area contributed by atoms with Crippen LogP contribution in [0.4, 0.5) is 0 Å². The van der Waals surface area contributed by atoms with E-state index < -0.39 is 14.0 Å². The largest absolute Gasteiger partial charge is 0.495 e. The van der Waals surface area contributed by atoms with Crippen LogP contribution in [0, 0.1) is 11.5 Å². The van der Waals surface area contributed by atoms with Crippen molar-refractivity contribution in [1.82, 2.24) is 4.68 Å². The van der Waals surface area contributed by atoms with Gasteiger partial charge in [-0.05, 0) is 51.3 Å². The number of rotatable bonds is 3. The highest BCUT2D eigenvalue weighted by Gasteiger charge is 2.45. The van der Waals surface area contributed by atoms with Crippen molar-refractivity contribution < 1.29 is 14.3 Å². The van der Waals surface area contributed by atoms with Crippen molar-refractivity contribution in [3.8, 4) is 28.5 Å². The van der Waals surface area contributed by atoms with E-state index >= 15 is 0 Å². The molecule has 0 spiro atoms. The monoisotopic (exact) mass is 464 g/mol. The van der Waals surface area contributed by atoms with Gasteiger partial charge >= 0.3 is 5.97 Å². The number of hydrogen-bond donors (Lipinski definition) is 0. The predicted molar refractivity (Wildman–Crippen MR) is 133 cm³/mol. The molecule has 1 fully saturated rings. The lowest BCUT2D eigenvalue weighted by molar-refractivity contribution is 0.0523. The van der Waals surface area contributed by atoms with E-state index in [9.17, 15) is 9.59 Å². The van der Waals surface area contributed by atoms with Gasteiger partial charge in [0, 0.05) is 17.8 Å². The van der Waals surface area contributed by atoms with Crippen LogP contribution in [-0.2, 0) is 4.74 Å². The fourth-order valence-electron chi connectivity index (χ4n) is 4.76. The Bertz CT molecular complexity index is 1240. The lowest BCUT2D eigenvalue weighted by Crippen LogP contribution is -2.50. The Hall–Kier alpha value is -2.98. The number of methoxy groups -OCH3 is 1. The molecule has 2 aliphatic rings. The van der Waals surface area contributed by atoms with Crippen LogP contribution in [0.25, 0.3) is 11.3 Å². The van der Waals surface area contributed by atoms with Gasteiger partial charge in [0.1, 0.15) is 19.4 Å². The third-order valence-electron chi connectivity index (χ3n) is 6.28. The molecule has 7 heteroatoms. The molecular weight excluding hydrogens is 432 g/mol. The molecule has 33 heavy (non-hydrogen) atoms. The van der Waals surface area contributed by atoms with Gasteiger partial charge < -0.3 is 9.47 Å². The maximum absolute atomic E-state index is 12.9. The summed E-state index contributed by atoms with van der Waals surface area (Å²) in [6, 6.07) is 5.77. The zero-order valence-corrected chi connectivity index (χ0v) is 21.5. The van der Waals surface area contributed by atoms with Crippen LogP contribution < -0.4 is 15.2 Å². The van der Waals surface area contributed by atoms with Crippen molar-refractivity contribution in [1.29, 1.82) is 0 Å². The molecule has 0 radical (unpaired) electrons. The smallest absolute Gasteiger partial charge is 0.343 e. The molecule has 174 valence electrons. The van der Waals surface area contributed by atoms with Crippen LogP contribution in [0.1, 0.15) is 61.1 Å². The first-order valence-corrected chi connectivity index (χ1v) is 15.0. The first-order chi connectivity index (χ1) is 15.5. The number of aromatic nitrogens is 1. The Labute approximate surface area is 196 Å². The Morgan fingerprint density at radius 1 is 1.24 bits per heavy atom. The summed E-state index contributed by atoms with van der Waals surface area (Å²) in [6.07, 6.45) is 3.59. The van der Waals surface area contributed by atoms with Gasteiger partial charge in [-0.15, -0.1) is 5.54 Å². The second kappa shape index (κ2) is 8.10. The molecule has 1 saturated heterocycles. The van der Waals surface area contributed by atoms with Gasteiger partial charge in [-0.3, -0.25) is 14.5 Å². The highest BCUT2D eigenvalue weighted by molar-refractivity contribution is 6.83. The standard InChI is InChI=1S/C26H32N2O4Si/c1-8-32-25(30)20-16-27-22(15-23(20)29)19-14-24(31-4)17(10-12-33(5,6)7)13-18(19)21-9-11-26(2,3)28(21)27/h13-16,21H,8-9,11H2,1-7H3/t21-/m1/s1. The second-order valence-electron chi connectivity index (χ2n) is 10.4. The Morgan fingerprint density at radius 3 is 2.61 bits per heavy atom. The van der Waals surface area contributed by atoms with E-state index in [0.29, 0.717) is 5.75 Å². The van der Waals surface area contributed by atoms with Crippen molar-refractivity contribution in [2.24, 2.45) is 0 Å². The van der Waals surface area contributed by atoms with Gasteiger partial charge in [-0.2, -0.15) is 0 Å². The van der Waals surface area contributed by atoms with Crippen molar-refractivity contribution >= 4 is 14.0 Å². The Kier molecular flexibility index (Phi) is 5.69. The zero-order chi connectivity index (χ0) is 24.1. The topological polar surface area (TPSA) is 60.8 Å². The number of pyridine rings is 1. The minimum atomic E-state index is -1.57. The van der Waals surface area contributed by atoms with E-state index in [4.69, 9.17) is 9.47 Å². The lowest BCUT2D eigenvalue weighted by atomic mass is 9.92. The molecule has 0 amide bonds. The number of hydrogen-bond acceptors (Lipinski definition) is 5. The number of esters is 1. The maximum Gasteiger partial charge on any atom is 0.343 e. The van der Waals surface area contributed by atoms with E-state index in [-0.39, 0.29) is 29.2 Å². The number of fused-ring (bicyclic) bond motifs is 6. The molecule has 0 N–H and O–H groups in total. The Morgan fingerprint density at radius 2 is 1.97 bits per heavy atom. The van der Waals surface area contributed by atoms with Gasteiger partial charge in [0.15, 0.2) is 5.43 Å². The average molecular weight is 465 g/mol. The van der Waals surface area contributed by atoms with Gasteiger partial charge in [0.2, 0.25) is 0 Å². The summed E-state index contributed by atoms with van der Waals surface area (Å²) in [6.45, 7) is 13.0. The summed E-state index contributed by atoms with van der Waals surface area (Å²) in [5.41, 5.74) is 6.71. The molecule has 3 heterocycles. The number of nitrogens with zero attached hydrogens (tertiary/aromatic N) is 2. The number of carbonyl (C=O) groups is 1. The molecule has 1 aromatic heterocycles. The van der Waals surface area contributed by atoms with Crippen LogP contribution >= 0.6 is 0 Å². The fraction of sp³-hybridized carbons (Fsp3) is 0.462. The van der Waals surface area contributed by atoms with Gasteiger partial charge in [0.05, 0.1) is 36.6 Å². The summed E-state index contributed by atoms with van der Waals surface area (Å²) in [7, 11) is 0.0788. The highest BCUT2D eigenvalue weighted by atomic mass is 28.3. The third kappa shape index (κ3) is 4.08. The SMILES string of the molecule is CCOC(=O)c1cn2c(cc1=O)-c1cc(OC)c(C#C[Si](C)(C)C)cc1[C@H]1CCC(C)(C)N12. The summed E-state index contributed by atoms with van der Waals surface area (Å²) in [5, 5.41) is 2.29. The molecular formula is C26H32N2O4Si. The van der Waals surface area contributed by atoms with Crippen molar-refractivity contribution in [2.75, 3.05) is 18.7 Å². The molecule has 0 saturated carbocycles. The van der Waals surface area contributed by atoms with Crippen LogP contribution in [0.3, 0.4) is 0 Å². The fourth-order valence-corrected chi connectivity index (χ4v) is 5.27. The van der Waals surface area contributed by atoms with Crippen LogP contribution in [0.5, 0.6) is 5.75 Å². The minimum absolute atomic E-state index is 0.0510. The third-order valence-corrected chi connectivity index (χ3v) is 7.16. The lowest BCUT2D eigenvalue weighted by Gasteiger charge is -2.44. The van der Waals surface area contributed by atoms with E-state index in [1.165, 1.54) is 0 Å². The number of benzene rings is 1. The first-order valence-electron chi connectivity index (χ1n) is 11.5. The molecule has 0 bridgehead atoms. The van der Waals surface area contributed by atoms with E-state index in [2.05, 4.69) is 56.0 Å². The summed E-state index contributed by atoms with van der Waals surface area (Å²) >= 11 is 0. The maximum atomic E-state index is 12.9. The predicted octanol–water partition coefficient (Wildman–Crippen LogP) is 4.49. The molecule has 0 aliphatic carbocycles. The van der Waals surface area contributed by atoms with Crippen molar-refractivity contribution in [3.63, 3.8) is 0 Å². The summed E-state index contributed by atoms with van der Waals surface area (Å²) < 4.78 is 12.8. The van der Waals surface area contributed by atoms with Crippen molar-refractivity contribution in [3.05, 3.63) is 51.3 Å². The van der Waals surface area contributed by atoms with Gasteiger partial charge in [0.25, 0.3) is 0 Å². The molecule has 1 atom stereocenters. The quantitative estimate of drug-likeness (QED) is 0.380. The molecule has 1 aromatic carbocycles. The van der Waals surface area contributed by atoms with E-state index in [1.807, 2.05) is 10.7 Å². The summed E-state index contributed by atoms with van der Waals surface area (Å²) in [5.74, 6) is 3.47. The molecule has 6 nitrogen and oxygen atoms in total. The number of ether oxygens (including phenoxy) is 2. The van der Waals surface area contributed by atoms with Gasteiger partial charge in [-0.25, -0.2) is 4.79 Å². The molecule has 2 aromatic rings. The van der Waals surface area contributed by atoms with Crippen LogP contribution in [-0.4, -0.2) is 38.0 Å². The van der Waals surface area contributed by atoms with Crippen LogP contribution in [0.15, 0.2) is 29.2 Å². The van der Waals surface area contributed by atoms with E-state index in [0.717, 1.165) is 35.2 Å². The van der Waals surface area contributed by atoms with E-state index in [1.54, 1.807) is 26.3 Å². The van der Waals surface area contributed by atoms with Gasteiger partial charge in [-0.1, -0.05) is 25.6 Å². The number of carbonyl (C=O) groups excluding carboxylic acids is 1. The first kappa shape index (κ1) is 23.2. The highest BCUT2D eigenvalue weighted by Crippen LogP contribution is 2.49. The van der Waals surface area contributed by atoms with Crippen molar-refractivity contribution in [2.45, 2.75) is 64.8 Å². The average Bonchev–Trinajstić information content (AvgIpc) is 3.06. The molecule has 0 unspecified atom stereocenters. The molecule has 4 rings (SSSR count). The second-order valence-corrected chi connectivity index (χ2v) is 15.1. The minimum Gasteiger partial charge on any atom is -0.495 e. The van der Waals surface area contributed by atoms with Crippen LogP contribution in [0.2, 0.25) is 19.6 Å².